The summed E-state index contributed by atoms with van der Waals surface area (Å²) in [5, 5.41) is 10.9. The van der Waals surface area contributed by atoms with Crippen LogP contribution in [0.25, 0.3) is 22.2 Å². The van der Waals surface area contributed by atoms with E-state index in [4.69, 9.17) is 11.6 Å². The summed E-state index contributed by atoms with van der Waals surface area (Å²) in [5.41, 5.74) is 2.93. The molecule has 0 spiro atoms. The highest BCUT2D eigenvalue weighted by Gasteiger charge is 2.26. The molecule has 2 aromatic carbocycles. The van der Waals surface area contributed by atoms with E-state index in [0.29, 0.717) is 22.7 Å². The van der Waals surface area contributed by atoms with Gasteiger partial charge in [0.15, 0.2) is 0 Å². The highest BCUT2D eigenvalue weighted by molar-refractivity contribution is 6.31. The van der Waals surface area contributed by atoms with E-state index in [2.05, 4.69) is 4.98 Å². The molecule has 118 valence electrons. The Bertz CT molecular complexity index is 871. The molecule has 0 aliphatic carbocycles. The number of aromatic nitrogens is 1. The van der Waals surface area contributed by atoms with E-state index >= 15 is 0 Å². The van der Waals surface area contributed by atoms with Crippen LogP contribution in [0.2, 0.25) is 5.02 Å². The number of benzene rings is 2. The Hall–Kier alpha value is -2.33. The normalized spacial score (nSPS) is 12.5. The van der Waals surface area contributed by atoms with E-state index in [9.17, 15) is 14.3 Å². The van der Waals surface area contributed by atoms with Crippen molar-refractivity contribution in [2.45, 2.75) is 19.3 Å². The quantitative estimate of drug-likeness (QED) is 0.690. The predicted octanol–water partition coefficient (Wildman–Crippen LogP) is 5.21. The second kappa shape index (κ2) is 6.05. The molecule has 1 atom stereocenters. The Morgan fingerprint density at radius 3 is 2.57 bits per heavy atom. The van der Waals surface area contributed by atoms with Gasteiger partial charge in [0, 0.05) is 15.9 Å². The van der Waals surface area contributed by atoms with Gasteiger partial charge in [-0.15, -0.1) is 0 Å². The second-order valence-electron chi connectivity index (χ2n) is 5.41. The summed E-state index contributed by atoms with van der Waals surface area (Å²) in [6, 6.07) is 11.3. The fraction of sp³-hybridized carbons (Fsp3) is 0.167. The van der Waals surface area contributed by atoms with Crippen molar-refractivity contribution in [3.05, 3.63) is 58.9 Å². The van der Waals surface area contributed by atoms with Gasteiger partial charge in [-0.1, -0.05) is 18.5 Å². The summed E-state index contributed by atoms with van der Waals surface area (Å²) in [7, 11) is 0. The van der Waals surface area contributed by atoms with E-state index < -0.39 is 11.9 Å². The number of H-pyrrole nitrogens is 1. The van der Waals surface area contributed by atoms with Crippen LogP contribution in [0, 0.1) is 5.82 Å². The lowest BCUT2D eigenvalue weighted by atomic mass is 9.91. The molecule has 2 N–H and O–H groups in total. The molecule has 0 aliphatic heterocycles. The Balaban J connectivity index is 2.31. The Labute approximate surface area is 137 Å². The first-order valence-corrected chi connectivity index (χ1v) is 7.69. The van der Waals surface area contributed by atoms with Crippen molar-refractivity contribution >= 4 is 28.5 Å². The molecule has 3 nitrogen and oxygen atoms in total. The lowest BCUT2D eigenvalue weighted by Gasteiger charge is -2.12. The van der Waals surface area contributed by atoms with E-state index in [-0.39, 0.29) is 5.82 Å². The number of rotatable bonds is 4. The van der Waals surface area contributed by atoms with Crippen LogP contribution in [0.4, 0.5) is 4.39 Å². The molecule has 0 fully saturated rings. The number of aliphatic carboxylic acids is 1. The molecule has 1 heterocycles. The lowest BCUT2D eigenvalue weighted by molar-refractivity contribution is -0.138. The smallest absolute Gasteiger partial charge is 0.311 e. The molecule has 23 heavy (non-hydrogen) atoms. The van der Waals surface area contributed by atoms with Gasteiger partial charge in [0.2, 0.25) is 0 Å². The topological polar surface area (TPSA) is 53.1 Å². The van der Waals surface area contributed by atoms with Gasteiger partial charge in [-0.2, -0.15) is 0 Å². The molecule has 0 radical (unpaired) electrons. The van der Waals surface area contributed by atoms with Crippen molar-refractivity contribution in [2.75, 3.05) is 0 Å². The van der Waals surface area contributed by atoms with Crippen LogP contribution in [0.1, 0.15) is 24.8 Å². The van der Waals surface area contributed by atoms with Gasteiger partial charge in [0.05, 0.1) is 11.6 Å². The largest absolute Gasteiger partial charge is 0.481 e. The van der Waals surface area contributed by atoms with Crippen molar-refractivity contribution in [2.24, 2.45) is 0 Å². The third-order valence-electron chi connectivity index (χ3n) is 3.99. The predicted molar refractivity (Wildman–Crippen MR) is 89.4 cm³/mol. The van der Waals surface area contributed by atoms with E-state index in [0.717, 1.165) is 16.5 Å². The minimum atomic E-state index is -0.892. The summed E-state index contributed by atoms with van der Waals surface area (Å²) in [6.07, 6.45) is 0.447. The number of carboxylic acid groups (broad SMARTS) is 1. The molecule has 0 saturated heterocycles. The molecular weight excluding hydrogens is 317 g/mol. The van der Waals surface area contributed by atoms with Crippen LogP contribution >= 0.6 is 11.6 Å². The van der Waals surface area contributed by atoms with Crippen molar-refractivity contribution in [3.63, 3.8) is 0 Å². The van der Waals surface area contributed by atoms with Gasteiger partial charge < -0.3 is 10.1 Å². The first-order chi connectivity index (χ1) is 11.0. The number of carboxylic acids is 1. The van der Waals surface area contributed by atoms with Crippen molar-refractivity contribution in [1.29, 1.82) is 0 Å². The van der Waals surface area contributed by atoms with E-state index in [1.165, 1.54) is 12.1 Å². The monoisotopic (exact) mass is 331 g/mol. The van der Waals surface area contributed by atoms with Crippen LogP contribution < -0.4 is 0 Å². The zero-order valence-electron chi connectivity index (χ0n) is 12.4. The third-order valence-corrected chi connectivity index (χ3v) is 4.22. The summed E-state index contributed by atoms with van der Waals surface area (Å²) >= 11 is 6.08. The van der Waals surface area contributed by atoms with Gasteiger partial charge in [-0.3, -0.25) is 4.79 Å². The SMILES string of the molecule is CCC(C(=O)O)c1c(-c2ccc(F)cc2)[nH]c2ccc(Cl)cc12. The molecule has 5 heteroatoms. The van der Waals surface area contributed by atoms with Gasteiger partial charge in [-0.05, 0) is 60.0 Å². The van der Waals surface area contributed by atoms with Crippen molar-refractivity contribution in [1.82, 2.24) is 4.98 Å². The molecule has 3 aromatic rings. The molecule has 0 aliphatic rings. The average molecular weight is 332 g/mol. The minimum absolute atomic E-state index is 0.334. The molecule has 3 rings (SSSR count). The lowest BCUT2D eigenvalue weighted by Crippen LogP contribution is -2.11. The Morgan fingerprint density at radius 1 is 1.26 bits per heavy atom. The number of halogens is 2. The third kappa shape index (κ3) is 2.82. The van der Waals surface area contributed by atoms with Gasteiger partial charge >= 0.3 is 5.97 Å². The zero-order chi connectivity index (χ0) is 16.6. The van der Waals surface area contributed by atoms with E-state index in [1.54, 1.807) is 24.3 Å². The Morgan fingerprint density at radius 2 is 1.96 bits per heavy atom. The van der Waals surface area contributed by atoms with Crippen molar-refractivity contribution in [3.8, 4) is 11.3 Å². The van der Waals surface area contributed by atoms with Crippen LogP contribution in [0.3, 0.4) is 0 Å². The minimum Gasteiger partial charge on any atom is -0.481 e. The maximum Gasteiger partial charge on any atom is 0.311 e. The number of hydrogen-bond acceptors (Lipinski definition) is 1. The maximum absolute atomic E-state index is 13.2. The van der Waals surface area contributed by atoms with E-state index in [1.807, 2.05) is 13.0 Å². The summed E-state index contributed by atoms with van der Waals surface area (Å²) in [6.45, 7) is 1.83. The van der Waals surface area contributed by atoms with Crippen LogP contribution in [0.15, 0.2) is 42.5 Å². The zero-order valence-corrected chi connectivity index (χ0v) is 13.2. The number of aromatic amines is 1. The van der Waals surface area contributed by atoms with Crippen molar-refractivity contribution < 1.29 is 14.3 Å². The molecule has 0 bridgehead atoms. The first kappa shape index (κ1) is 15.6. The Kier molecular flexibility index (Phi) is 4.09. The second-order valence-corrected chi connectivity index (χ2v) is 5.85. The molecule has 1 aromatic heterocycles. The summed E-state index contributed by atoms with van der Waals surface area (Å²) < 4.78 is 13.2. The average Bonchev–Trinajstić information content (AvgIpc) is 2.87. The number of carbonyl (C=O) groups is 1. The number of fused-ring (bicyclic) bond motifs is 1. The summed E-state index contributed by atoms with van der Waals surface area (Å²) in [4.78, 5) is 14.9. The van der Waals surface area contributed by atoms with Crippen LogP contribution in [0.5, 0.6) is 0 Å². The maximum atomic E-state index is 13.2. The molecule has 0 saturated carbocycles. The standard InChI is InChI=1S/C18H15ClFNO2/c1-2-13(18(22)23)16-14-9-11(19)5-8-15(14)21-17(16)10-3-6-12(20)7-4-10/h3-9,13,21H,2H2,1H3,(H,22,23). The van der Waals surface area contributed by atoms with Gasteiger partial charge in [-0.25, -0.2) is 4.39 Å². The number of hydrogen-bond donors (Lipinski definition) is 2. The highest BCUT2D eigenvalue weighted by atomic mass is 35.5. The molecular formula is C18H15ClFNO2. The first-order valence-electron chi connectivity index (χ1n) is 7.31. The number of nitrogens with one attached hydrogen (secondary N) is 1. The van der Waals surface area contributed by atoms with Gasteiger partial charge in [0.25, 0.3) is 0 Å². The molecule has 0 amide bonds. The fourth-order valence-corrected chi connectivity index (χ4v) is 3.07. The van der Waals surface area contributed by atoms with Gasteiger partial charge in [0.1, 0.15) is 5.82 Å². The highest BCUT2D eigenvalue weighted by Crippen LogP contribution is 2.38. The van der Waals surface area contributed by atoms with Crippen LogP contribution in [-0.2, 0) is 4.79 Å². The summed E-state index contributed by atoms with van der Waals surface area (Å²) in [5.74, 6) is -1.89. The molecule has 1 unspecified atom stereocenters. The fourth-order valence-electron chi connectivity index (χ4n) is 2.89. The van der Waals surface area contributed by atoms with Crippen LogP contribution in [-0.4, -0.2) is 16.1 Å².